The van der Waals surface area contributed by atoms with Gasteiger partial charge in [-0.3, -0.25) is 4.57 Å². The van der Waals surface area contributed by atoms with E-state index in [0.29, 0.717) is 23.3 Å². The molecule has 0 bridgehead atoms. The van der Waals surface area contributed by atoms with Gasteiger partial charge in [0.05, 0.1) is 18.0 Å². The van der Waals surface area contributed by atoms with Crippen LogP contribution in [0, 0.1) is 5.82 Å². The molecule has 0 atom stereocenters. The summed E-state index contributed by atoms with van der Waals surface area (Å²) in [6, 6.07) is 10.5. The van der Waals surface area contributed by atoms with Gasteiger partial charge >= 0.3 is 0 Å². The topological polar surface area (TPSA) is 78.8 Å². The number of nitrogens with two attached hydrogens (primary N) is 1. The summed E-state index contributed by atoms with van der Waals surface area (Å²) in [6.07, 6.45) is 5.84. The highest BCUT2D eigenvalue weighted by Gasteiger charge is 2.33. The van der Waals surface area contributed by atoms with Gasteiger partial charge in [0.15, 0.2) is 5.82 Å². The Morgan fingerprint density at radius 2 is 1.89 bits per heavy atom. The van der Waals surface area contributed by atoms with Crippen molar-refractivity contribution in [2.45, 2.75) is 43.7 Å². The molecule has 2 aliphatic rings. The van der Waals surface area contributed by atoms with E-state index in [-0.39, 0.29) is 17.8 Å². The fraction of sp³-hybridized carbons (Fsp3) is 0.350. The number of nitrogens with zero attached hydrogens (tertiary/aromatic N) is 4. The first kappa shape index (κ1) is 16.4. The molecule has 6 nitrogen and oxygen atoms in total. The third kappa shape index (κ3) is 3.08. The molecular formula is C20H20FN5O. The number of aromatic nitrogens is 4. The maximum Gasteiger partial charge on any atom is 0.187 e. The maximum atomic E-state index is 14.6. The lowest BCUT2D eigenvalue weighted by atomic mass is 9.80. The smallest absolute Gasteiger partial charge is 0.187 e. The summed E-state index contributed by atoms with van der Waals surface area (Å²) in [5, 5.41) is 8.70. The largest absolute Gasteiger partial charge is 0.489 e. The van der Waals surface area contributed by atoms with E-state index in [9.17, 15) is 4.39 Å². The number of ether oxygens (including phenoxy) is 1. The highest BCUT2D eigenvalue weighted by atomic mass is 19.1. The fourth-order valence-corrected chi connectivity index (χ4v) is 3.43. The molecule has 0 aliphatic heterocycles. The van der Waals surface area contributed by atoms with E-state index in [0.717, 1.165) is 37.3 Å². The number of rotatable bonds is 5. The van der Waals surface area contributed by atoms with Crippen LogP contribution in [0.4, 0.5) is 4.39 Å². The van der Waals surface area contributed by atoms with Crippen LogP contribution in [-0.2, 0) is 0 Å². The zero-order valence-corrected chi connectivity index (χ0v) is 14.8. The fourth-order valence-electron chi connectivity index (χ4n) is 3.43. The van der Waals surface area contributed by atoms with Crippen molar-refractivity contribution in [1.82, 2.24) is 19.7 Å². The van der Waals surface area contributed by atoms with Gasteiger partial charge in [-0.25, -0.2) is 9.37 Å². The molecule has 0 radical (unpaired) electrons. The van der Waals surface area contributed by atoms with Crippen LogP contribution in [0.3, 0.4) is 0 Å². The van der Waals surface area contributed by atoms with Crippen molar-refractivity contribution in [3.63, 3.8) is 0 Å². The van der Waals surface area contributed by atoms with Gasteiger partial charge in [-0.2, -0.15) is 0 Å². The second-order valence-electron chi connectivity index (χ2n) is 7.29. The molecule has 0 spiro atoms. The molecule has 3 aromatic rings. The van der Waals surface area contributed by atoms with Gasteiger partial charge in [-0.1, -0.05) is 12.1 Å². The van der Waals surface area contributed by atoms with Crippen molar-refractivity contribution in [3.05, 3.63) is 54.2 Å². The van der Waals surface area contributed by atoms with Crippen LogP contribution in [0.1, 0.15) is 37.4 Å². The normalized spacial score (nSPS) is 21.7. The van der Waals surface area contributed by atoms with Crippen LogP contribution in [-0.4, -0.2) is 31.9 Å². The second kappa shape index (κ2) is 6.42. The third-order valence-corrected chi connectivity index (χ3v) is 5.11. The zero-order valence-electron chi connectivity index (χ0n) is 14.8. The minimum absolute atomic E-state index is 0.168. The molecule has 1 aromatic carbocycles. The lowest BCUT2D eigenvalue weighted by molar-refractivity contribution is 0.302. The van der Waals surface area contributed by atoms with E-state index in [1.807, 2.05) is 12.1 Å². The minimum atomic E-state index is -0.322. The van der Waals surface area contributed by atoms with Crippen LogP contribution in [0.5, 0.6) is 5.75 Å². The van der Waals surface area contributed by atoms with E-state index in [1.54, 1.807) is 29.0 Å². The quantitative estimate of drug-likeness (QED) is 0.751. The number of hydrogen-bond acceptors (Lipinski definition) is 5. The molecular weight excluding hydrogens is 345 g/mol. The monoisotopic (exact) mass is 365 g/mol. The SMILES string of the molecule is NC1CC(c2nnc(-c3ccc(OC4CC4)cn3)n2-c2ccccc2F)C1. The highest BCUT2D eigenvalue weighted by Crippen LogP contribution is 2.38. The molecule has 2 fully saturated rings. The molecule has 138 valence electrons. The van der Waals surface area contributed by atoms with Crippen molar-refractivity contribution < 1.29 is 9.13 Å². The molecule has 2 aromatic heterocycles. The minimum Gasteiger partial charge on any atom is -0.489 e. The molecule has 0 unspecified atom stereocenters. The summed E-state index contributed by atoms with van der Waals surface area (Å²) in [5.74, 6) is 1.85. The third-order valence-electron chi connectivity index (χ3n) is 5.11. The molecule has 2 N–H and O–H groups in total. The number of para-hydroxylation sites is 1. The Bertz CT molecular complexity index is 961. The second-order valence-corrected chi connectivity index (χ2v) is 7.29. The summed E-state index contributed by atoms with van der Waals surface area (Å²) in [4.78, 5) is 4.48. The standard InChI is InChI=1S/C20H20FN5O/c21-16-3-1-2-4-18(16)26-19(12-9-13(22)10-12)24-25-20(26)17-8-7-15(11-23-17)27-14-5-6-14/h1-4,7-8,11-14H,5-6,9-10,22H2. The Hall–Kier alpha value is -2.80. The van der Waals surface area contributed by atoms with Gasteiger partial charge in [0, 0.05) is 12.0 Å². The Morgan fingerprint density at radius 3 is 2.56 bits per heavy atom. The number of pyridine rings is 1. The van der Waals surface area contributed by atoms with Crippen LogP contribution in [0.15, 0.2) is 42.6 Å². The summed E-state index contributed by atoms with van der Waals surface area (Å²) in [6.45, 7) is 0. The number of hydrogen-bond donors (Lipinski definition) is 1. The van der Waals surface area contributed by atoms with Crippen LogP contribution < -0.4 is 10.5 Å². The van der Waals surface area contributed by atoms with Crippen molar-refractivity contribution in [2.75, 3.05) is 0 Å². The number of benzene rings is 1. The average Bonchev–Trinajstić information content (AvgIpc) is 3.36. The molecule has 0 saturated heterocycles. The van der Waals surface area contributed by atoms with Crippen LogP contribution in [0.2, 0.25) is 0 Å². The molecule has 2 aliphatic carbocycles. The first-order chi connectivity index (χ1) is 13.2. The molecule has 2 saturated carbocycles. The predicted molar refractivity (Wildman–Crippen MR) is 98.1 cm³/mol. The first-order valence-electron chi connectivity index (χ1n) is 9.28. The molecule has 7 heteroatoms. The van der Waals surface area contributed by atoms with Gasteiger partial charge in [0.2, 0.25) is 0 Å². The van der Waals surface area contributed by atoms with Gasteiger partial charge in [-0.15, -0.1) is 10.2 Å². The lowest BCUT2D eigenvalue weighted by Gasteiger charge is -2.31. The Kier molecular flexibility index (Phi) is 3.89. The van der Waals surface area contributed by atoms with E-state index < -0.39 is 0 Å². The van der Waals surface area contributed by atoms with E-state index in [4.69, 9.17) is 10.5 Å². The van der Waals surface area contributed by atoms with Crippen molar-refractivity contribution in [3.8, 4) is 23.0 Å². The zero-order chi connectivity index (χ0) is 18.4. The van der Waals surface area contributed by atoms with Crippen molar-refractivity contribution in [1.29, 1.82) is 0 Å². The Morgan fingerprint density at radius 1 is 1.07 bits per heavy atom. The molecule has 27 heavy (non-hydrogen) atoms. The van der Waals surface area contributed by atoms with E-state index >= 15 is 0 Å². The molecule has 0 amide bonds. The summed E-state index contributed by atoms with van der Waals surface area (Å²) < 4.78 is 22.1. The van der Waals surface area contributed by atoms with Crippen LogP contribution in [0.25, 0.3) is 17.2 Å². The van der Waals surface area contributed by atoms with Gasteiger partial charge in [-0.05, 0) is 49.9 Å². The van der Waals surface area contributed by atoms with Crippen molar-refractivity contribution >= 4 is 0 Å². The van der Waals surface area contributed by atoms with E-state index in [1.165, 1.54) is 6.07 Å². The summed E-state index contributed by atoms with van der Waals surface area (Å²) in [5.41, 5.74) is 7.00. The molecule has 2 heterocycles. The summed E-state index contributed by atoms with van der Waals surface area (Å²) >= 11 is 0. The predicted octanol–water partition coefficient (Wildman–Crippen LogP) is 3.21. The average molecular weight is 365 g/mol. The number of halogens is 1. The van der Waals surface area contributed by atoms with Crippen LogP contribution >= 0.6 is 0 Å². The van der Waals surface area contributed by atoms with Gasteiger partial charge < -0.3 is 10.5 Å². The van der Waals surface area contributed by atoms with Gasteiger partial charge in [0.25, 0.3) is 0 Å². The van der Waals surface area contributed by atoms with Crippen molar-refractivity contribution in [2.24, 2.45) is 5.73 Å². The maximum absolute atomic E-state index is 14.6. The Labute approximate surface area is 156 Å². The Balaban J connectivity index is 1.56. The molecule has 5 rings (SSSR count). The highest BCUT2D eigenvalue weighted by molar-refractivity contribution is 5.55. The lowest BCUT2D eigenvalue weighted by Crippen LogP contribution is -2.36. The summed E-state index contributed by atoms with van der Waals surface area (Å²) in [7, 11) is 0. The van der Waals surface area contributed by atoms with Gasteiger partial charge in [0.1, 0.15) is 23.1 Å². The van der Waals surface area contributed by atoms with E-state index in [2.05, 4.69) is 15.2 Å². The first-order valence-corrected chi connectivity index (χ1v) is 9.28.